The fourth-order valence-electron chi connectivity index (χ4n) is 2.22. The average Bonchev–Trinajstić information content (AvgIpc) is 2.85. The molecule has 5 nitrogen and oxygen atoms in total. The number of hydrogen-bond acceptors (Lipinski definition) is 4. The first kappa shape index (κ1) is 15.4. The average molecular weight is 415 g/mol. The summed E-state index contributed by atoms with van der Waals surface area (Å²) in [7, 11) is 0. The predicted octanol–water partition coefficient (Wildman–Crippen LogP) is 3.73. The molecule has 23 heavy (non-hydrogen) atoms. The molecule has 0 atom stereocenters. The van der Waals surface area contributed by atoms with Crippen molar-refractivity contribution in [1.29, 1.82) is 5.26 Å². The maximum atomic E-state index is 9.38. The van der Waals surface area contributed by atoms with Crippen molar-refractivity contribution in [3.8, 4) is 6.07 Å². The van der Waals surface area contributed by atoms with Crippen molar-refractivity contribution in [2.45, 2.75) is 6.54 Å². The van der Waals surface area contributed by atoms with Crippen LogP contribution < -0.4 is 11.1 Å². The quantitative estimate of drug-likeness (QED) is 0.637. The number of rotatable bonds is 4. The predicted molar refractivity (Wildman–Crippen MR) is 99.3 cm³/mol. The van der Waals surface area contributed by atoms with Crippen molar-refractivity contribution in [2.24, 2.45) is 0 Å². The topological polar surface area (TPSA) is 79.7 Å². The Morgan fingerprint density at radius 1 is 1.13 bits per heavy atom. The molecule has 0 spiro atoms. The summed E-state index contributed by atoms with van der Waals surface area (Å²) in [4.78, 5) is 0. The molecule has 0 amide bonds. The van der Waals surface area contributed by atoms with Gasteiger partial charge in [0.05, 0.1) is 6.54 Å². The molecule has 0 saturated heterocycles. The van der Waals surface area contributed by atoms with Gasteiger partial charge in [0, 0.05) is 9.26 Å². The highest BCUT2D eigenvalue weighted by atomic mass is 127. The Balaban J connectivity index is 1.90. The number of nitrogens with one attached hydrogen (secondary N) is 1. The molecular weight excluding hydrogens is 401 g/mol. The van der Waals surface area contributed by atoms with Gasteiger partial charge in [-0.3, -0.25) is 0 Å². The van der Waals surface area contributed by atoms with Crippen molar-refractivity contribution >= 4 is 39.9 Å². The van der Waals surface area contributed by atoms with E-state index >= 15 is 0 Å². The third-order valence-corrected chi connectivity index (χ3v) is 4.10. The van der Waals surface area contributed by atoms with Crippen molar-refractivity contribution in [1.82, 2.24) is 9.78 Å². The van der Waals surface area contributed by atoms with E-state index in [0.29, 0.717) is 23.7 Å². The van der Waals surface area contributed by atoms with Crippen LogP contribution in [-0.2, 0) is 6.54 Å². The zero-order valence-electron chi connectivity index (χ0n) is 12.2. The van der Waals surface area contributed by atoms with Crippen LogP contribution in [0.15, 0.2) is 54.6 Å². The minimum absolute atomic E-state index is 0.361. The van der Waals surface area contributed by atoms with Crippen LogP contribution in [0.2, 0.25) is 0 Å². The smallest absolute Gasteiger partial charge is 0.172 e. The summed E-state index contributed by atoms with van der Waals surface area (Å²) in [6.45, 7) is 0.524. The molecule has 0 bridgehead atoms. The molecule has 0 aliphatic rings. The molecule has 0 aliphatic heterocycles. The molecule has 0 unspecified atom stereocenters. The first-order valence-corrected chi connectivity index (χ1v) is 8.08. The molecule has 3 aromatic rings. The third kappa shape index (κ3) is 3.46. The van der Waals surface area contributed by atoms with Crippen LogP contribution in [0.25, 0.3) is 0 Å². The van der Waals surface area contributed by atoms with Gasteiger partial charge in [0.25, 0.3) is 0 Å². The molecule has 114 valence electrons. The molecule has 1 heterocycles. The number of nitrogens with zero attached hydrogens (tertiary/aromatic N) is 3. The summed E-state index contributed by atoms with van der Waals surface area (Å²) in [6.07, 6.45) is 0. The molecule has 6 heteroatoms. The molecule has 1 aromatic heterocycles. The third-order valence-electron chi connectivity index (χ3n) is 3.39. The van der Waals surface area contributed by atoms with E-state index in [1.54, 1.807) is 4.68 Å². The molecule has 0 aliphatic carbocycles. The molecular formula is C17H14IN5. The number of hydrogen-bond donors (Lipinski definition) is 2. The van der Waals surface area contributed by atoms with E-state index in [-0.39, 0.29) is 0 Å². The lowest BCUT2D eigenvalue weighted by Gasteiger charge is -2.04. The SMILES string of the molecule is N#Cc1c(Nc2ccc(I)cc2)nn(Cc2ccccc2)c1N. The standard InChI is InChI=1S/C17H14IN5/c18-13-6-8-14(9-7-13)21-17-15(10-19)16(20)23(22-17)11-12-4-2-1-3-5-12/h1-9H,11,20H2,(H,21,22). The Kier molecular flexibility index (Phi) is 4.48. The Labute approximate surface area is 147 Å². The minimum atomic E-state index is 0.361. The summed E-state index contributed by atoms with van der Waals surface area (Å²) in [6, 6.07) is 19.9. The Bertz CT molecular complexity index is 847. The molecule has 0 fully saturated rings. The summed E-state index contributed by atoms with van der Waals surface area (Å²) < 4.78 is 2.78. The number of nitrogens with two attached hydrogens (primary N) is 1. The number of nitriles is 1. The Morgan fingerprint density at radius 3 is 2.48 bits per heavy atom. The van der Waals surface area contributed by atoms with Gasteiger partial charge in [-0.05, 0) is 52.4 Å². The van der Waals surface area contributed by atoms with Gasteiger partial charge in [-0.2, -0.15) is 10.4 Å². The van der Waals surface area contributed by atoms with Gasteiger partial charge >= 0.3 is 0 Å². The number of benzene rings is 2. The molecule has 0 radical (unpaired) electrons. The minimum Gasteiger partial charge on any atom is -0.383 e. The van der Waals surface area contributed by atoms with Gasteiger partial charge in [-0.25, -0.2) is 4.68 Å². The second kappa shape index (κ2) is 6.71. The van der Waals surface area contributed by atoms with Crippen LogP contribution in [0.3, 0.4) is 0 Å². The van der Waals surface area contributed by atoms with Crippen LogP contribution in [0, 0.1) is 14.9 Å². The normalized spacial score (nSPS) is 10.3. The monoisotopic (exact) mass is 415 g/mol. The van der Waals surface area contributed by atoms with Gasteiger partial charge in [0.2, 0.25) is 0 Å². The lowest BCUT2D eigenvalue weighted by Crippen LogP contribution is -2.06. The second-order valence-electron chi connectivity index (χ2n) is 5.00. The van der Waals surface area contributed by atoms with Crippen LogP contribution >= 0.6 is 22.6 Å². The highest BCUT2D eigenvalue weighted by Gasteiger charge is 2.15. The largest absolute Gasteiger partial charge is 0.383 e. The van der Waals surface area contributed by atoms with E-state index in [0.717, 1.165) is 14.8 Å². The molecule has 2 aromatic carbocycles. The highest BCUT2D eigenvalue weighted by Crippen LogP contribution is 2.25. The van der Waals surface area contributed by atoms with Crippen LogP contribution in [0.1, 0.15) is 11.1 Å². The molecule has 3 rings (SSSR count). The van der Waals surface area contributed by atoms with E-state index in [9.17, 15) is 5.26 Å². The maximum absolute atomic E-state index is 9.38. The van der Waals surface area contributed by atoms with Gasteiger partial charge in [-0.1, -0.05) is 30.3 Å². The van der Waals surface area contributed by atoms with Gasteiger partial charge < -0.3 is 11.1 Å². The number of anilines is 3. The lowest BCUT2D eigenvalue weighted by molar-refractivity contribution is 0.700. The highest BCUT2D eigenvalue weighted by molar-refractivity contribution is 14.1. The van der Waals surface area contributed by atoms with E-state index in [2.05, 4.69) is 39.1 Å². The van der Waals surface area contributed by atoms with Gasteiger partial charge in [0.15, 0.2) is 5.82 Å². The first-order chi connectivity index (χ1) is 11.2. The number of halogens is 1. The summed E-state index contributed by atoms with van der Waals surface area (Å²) in [5, 5.41) is 17.0. The Hall–Kier alpha value is -2.53. The van der Waals surface area contributed by atoms with Gasteiger partial charge in [-0.15, -0.1) is 0 Å². The summed E-state index contributed by atoms with van der Waals surface area (Å²) in [5.41, 5.74) is 8.38. The van der Waals surface area contributed by atoms with E-state index in [1.165, 1.54) is 0 Å². The molecule has 3 N–H and O–H groups in total. The number of nitrogen functional groups attached to an aromatic ring is 1. The van der Waals surface area contributed by atoms with Gasteiger partial charge in [0.1, 0.15) is 17.5 Å². The lowest BCUT2D eigenvalue weighted by atomic mass is 10.2. The summed E-state index contributed by atoms with van der Waals surface area (Å²) in [5.74, 6) is 0.839. The fourth-order valence-corrected chi connectivity index (χ4v) is 2.58. The second-order valence-corrected chi connectivity index (χ2v) is 6.24. The van der Waals surface area contributed by atoms with Crippen molar-refractivity contribution < 1.29 is 0 Å². The van der Waals surface area contributed by atoms with E-state index in [1.807, 2.05) is 54.6 Å². The van der Waals surface area contributed by atoms with E-state index < -0.39 is 0 Å². The van der Waals surface area contributed by atoms with Crippen LogP contribution in [-0.4, -0.2) is 9.78 Å². The van der Waals surface area contributed by atoms with Crippen LogP contribution in [0.4, 0.5) is 17.3 Å². The van der Waals surface area contributed by atoms with E-state index in [4.69, 9.17) is 5.73 Å². The first-order valence-electron chi connectivity index (χ1n) is 7.00. The van der Waals surface area contributed by atoms with Crippen LogP contribution in [0.5, 0.6) is 0 Å². The summed E-state index contributed by atoms with van der Waals surface area (Å²) >= 11 is 2.24. The van der Waals surface area contributed by atoms with Crippen molar-refractivity contribution in [3.63, 3.8) is 0 Å². The number of aromatic nitrogens is 2. The molecule has 0 saturated carbocycles. The Morgan fingerprint density at radius 2 is 1.83 bits per heavy atom. The fraction of sp³-hybridized carbons (Fsp3) is 0.0588. The zero-order chi connectivity index (χ0) is 16.2. The van der Waals surface area contributed by atoms with Crippen molar-refractivity contribution in [2.75, 3.05) is 11.1 Å². The maximum Gasteiger partial charge on any atom is 0.172 e. The zero-order valence-corrected chi connectivity index (χ0v) is 14.4. The van der Waals surface area contributed by atoms with Crippen molar-refractivity contribution in [3.05, 3.63) is 69.3 Å².